The van der Waals surface area contributed by atoms with Gasteiger partial charge in [0.1, 0.15) is 5.75 Å². The van der Waals surface area contributed by atoms with Crippen molar-refractivity contribution in [3.8, 4) is 5.75 Å². The Bertz CT molecular complexity index is 423. The maximum absolute atomic E-state index is 6.24. The first kappa shape index (κ1) is 15.6. The molecular formula is C16H24ClNO2. The molecule has 3 nitrogen and oxygen atoms in total. The number of ether oxygens (including phenoxy) is 2. The first-order valence-electron chi connectivity index (χ1n) is 7.35. The molecule has 1 atom stereocenters. The molecule has 0 bridgehead atoms. The van der Waals surface area contributed by atoms with Gasteiger partial charge in [-0.05, 0) is 49.9 Å². The van der Waals surface area contributed by atoms with Gasteiger partial charge in [0.25, 0.3) is 0 Å². The van der Waals surface area contributed by atoms with Crippen molar-refractivity contribution in [3.63, 3.8) is 0 Å². The molecule has 1 fully saturated rings. The third-order valence-corrected chi connectivity index (χ3v) is 4.00. The molecule has 20 heavy (non-hydrogen) atoms. The van der Waals surface area contributed by atoms with Crippen molar-refractivity contribution in [1.82, 2.24) is 4.90 Å². The molecule has 112 valence electrons. The van der Waals surface area contributed by atoms with Crippen LogP contribution in [0.25, 0.3) is 0 Å². The van der Waals surface area contributed by atoms with Gasteiger partial charge in [0, 0.05) is 20.2 Å². The molecule has 0 N–H and O–H groups in total. The highest BCUT2D eigenvalue weighted by molar-refractivity contribution is 6.32. The van der Waals surface area contributed by atoms with Gasteiger partial charge in [0.2, 0.25) is 0 Å². The lowest BCUT2D eigenvalue weighted by Gasteiger charge is -2.32. The number of rotatable bonds is 6. The average molecular weight is 298 g/mol. The van der Waals surface area contributed by atoms with E-state index in [0.717, 1.165) is 32.0 Å². The summed E-state index contributed by atoms with van der Waals surface area (Å²) in [6.07, 6.45) is 2.52. The van der Waals surface area contributed by atoms with E-state index in [1.807, 2.05) is 19.1 Å². The Morgan fingerprint density at radius 1 is 1.40 bits per heavy atom. The van der Waals surface area contributed by atoms with Gasteiger partial charge in [-0.3, -0.25) is 4.90 Å². The van der Waals surface area contributed by atoms with Crippen molar-refractivity contribution in [3.05, 3.63) is 28.8 Å². The summed E-state index contributed by atoms with van der Waals surface area (Å²) in [4.78, 5) is 2.49. The second kappa shape index (κ2) is 7.87. The summed E-state index contributed by atoms with van der Waals surface area (Å²) in [7, 11) is 1.78. The Kier molecular flexibility index (Phi) is 6.14. The minimum absolute atomic E-state index is 0.643. The van der Waals surface area contributed by atoms with Crippen LogP contribution in [0.4, 0.5) is 0 Å². The van der Waals surface area contributed by atoms with E-state index >= 15 is 0 Å². The number of piperidine rings is 1. The molecule has 1 saturated heterocycles. The summed E-state index contributed by atoms with van der Waals surface area (Å²) < 4.78 is 10.7. The van der Waals surface area contributed by atoms with Crippen LogP contribution in [-0.4, -0.2) is 38.3 Å². The lowest BCUT2D eigenvalue weighted by molar-refractivity contribution is 0.0874. The number of hydrogen-bond acceptors (Lipinski definition) is 3. The quantitative estimate of drug-likeness (QED) is 0.801. The van der Waals surface area contributed by atoms with Crippen LogP contribution < -0.4 is 4.74 Å². The number of hydrogen-bond donors (Lipinski definition) is 0. The Morgan fingerprint density at radius 2 is 2.25 bits per heavy atom. The second-order valence-corrected chi connectivity index (χ2v) is 5.80. The van der Waals surface area contributed by atoms with E-state index in [1.165, 1.54) is 18.4 Å². The number of likely N-dealkylation sites (tertiary alicyclic amines) is 1. The highest BCUT2D eigenvalue weighted by Gasteiger charge is 2.19. The Morgan fingerprint density at radius 3 is 2.95 bits per heavy atom. The third-order valence-electron chi connectivity index (χ3n) is 3.71. The fourth-order valence-corrected chi connectivity index (χ4v) is 3.10. The summed E-state index contributed by atoms with van der Waals surface area (Å²) in [6, 6.07) is 6.10. The van der Waals surface area contributed by atoms with Gasteiger partial charge in [0.05, 0.1) is 18.2 Å². The molecule has 1 aliphatic heterocycles. The van der Waals surface area contributed by atoms with E-state index in [-0.39, 0.29) is 0 Å². The van der Waals surface area contributed by atoms with Crippen molar-refractivity contribution < 1.29 is 9.47 Å². The predicted octanol–water partition coefficient (Wildman–Crippen LogP) is 3.60. The van der Waals surface area contributed by atoms with E-state index in [2.05, 4.69) is 11.0 Å². The molecule has 0 saturated carbocycles. The van der Waals surface area contributed by atoms with E-state index in [0.29, 0.717) is 17.5 Å². The molecule has 0 aliphatic carbocycles. The smallest absolute Gasteiger partial charge is 0.137 e. The Balaban J connectivity index is 1.94. The second-order valence-electron chi connectivity index (χ2n) is 5.40. The van der Waals surface area contributed by atoms with Crippen LogP contribution in [0.2, 0.25) is 5.02 Å². The van der Waals surface area contributed by atoms with Gasteiger partial charge in [-0.2, -0.15) is 0 Å². The molecule has 0 radical (unpaired) electrons. The van der Waals surface area contributed by atoms with E-state index < -0.39 is 0 Å². The van der Waals surface area contributed by atoms with E-state index in [1.54, 1.807) is 7.11 Å². The van der Waals surface area contributed by atoms with Crippen molar-refractivity contribution in [1.29, 1.82) is 0 Å². The molecule has 1 heterocycles. The summed E-state index contributed by atoms with van der Waals surface area (Å²) in [5, 5.41) is 0.704. The molecule has 0 amide bonds. The highest BCUT2D eigenvalue weighted by Crippen LogP contribution is 2.27. The minimum atomic E-state index is 0.643. The van der Waals surface area contributed by atoms with Crippen LogP contribution in [0.3, 0.4) is 0 Å². The number of halogens is 1. The first-order chi connectivity index (χ1) is 9.72. The number of methoxy groups -OCH3 is 1. The molecule has 2 rings (SSSR count). The van der Waals surface area contributed by atoms with Crippen LogP contribution in [0.15, 0.2) is 18.2 Å². The molecule has 0 aromatic heterocycles. The predicted molar refractivity (Wildman–Crippen MR) is 82.5 cm³/mol. The molecule has 0 unspecified atom stereocenters. The van der Waals surface area contributed by atoms with E-state index in [9.17, 15) is 0 Å². The lowest BCUT2D eigenvalue weighted by atomic mass is 9.98. The SMILES string of the molecule is CCOc1ccc(CN2CCC[C@@H](COC)C2)cc1Cl. The average Bonchev–Trinajstić information content (AvgIpc) is 2.43. The van der Waals surface area contributed by atoms with Gasteiger partial charge in [-0.15, -0.1) is 0 Å². The van der Waals surface area contributed by atoms with Crippen molar-refractivity contribution in [2.45, 2.75) is 26.3 Å². The summed E-state index contributed by atoms with van der Waals surface area (Å²) in [6.45, 7) is 6.69. The molecule has 4 heteroatoms. The third kappa shape index (κ3) is 4.37. The molecular weight excluding hydrogens is 274 g/mol. The first-order valence-corrected chi connectivity index (χ1v) is 7.73. The highest BCUT2D eigenvalue weighted by atomic mass is 35.5. The molecule has 0 spiro atoms. The zero-order valence-corrected chi connectivity index (χ0v) is 13.2. The van der Waals surface area contributed by atoms with Gasteiger partial charge < -0.3 is 9.47 Å². The largest absolute Gasteiger partial charge is 0.492 e. The van der Waals surface area contributed by atoms with Crippen molar-refractivity contribution in [2.75, 3.05) is 33.4 Å². The fourth-order valence-electron chi connectivity index (χ4n) is 2.84. The normalized spacial score (nSPS) is 20.1. The lowest BCUT2D eigenvalue weighted by Crippen LogP contribution is -2.36. The van der Waals surface area contributed by atoms with Crippen molar-refractivity contribution in [2.24, 2.45) is 5.92 Å². The zero-order chi connectivity index (χ0) is 14.4. The zero-order valence-electron chi connectivity index (χ0n) is 12.4. The molecule has 1 aromatic carbocycles. The number of nitrogens with zero attached hydrogens (tertiary/aromatic N) is 1. The Hall–Kier alpha value is -0.770. The van der Waals surface area contributed by atoms with Crippen LogP contribution in [0, 0.1) is 5.92 Å². The van der Waals surface area contributed by atoms with Crippen LogP contribution in [0.1, 0.15) is 25.3 Å². The molecule has 1 aliphatic rings. The van der Waals surface area contributed by atoms with Crippen molar-refractivity contribution >= 4 is 11.6 Å². The van der Waals surface area contributed by atoms with Gasteiger partial charge in [-0.1, -0.05) is 17.7 Å². The van der Waals surface area contributed by atoms with E-state index in [4.69, 9.17) is 21.1 Å². The van der Waals surface area contributed by atoms with Gasteiger partial charge >= 0.3 is 0 Å². The fraction of sp³-hybridized carbons (Fsp3) is 0.625. The van der Waals surface area contributed by atoms with Crippen LogP contribution in [0.5, 0.6) is 5.75 Å². The Labute approximate surface area is 126 Å². The van der Waals surface area contributed by atoms with Gasteiger partial charge in [-0.25, -0.2) is 0 Å². The summed E-state index contributed by atoms with van der Waals surface area (Å²) in [5.41, 5.74) is 1.25. The summed E-state index contributed by atoms with van der Waals surface area (Å²) in [5.74, 6) is 1.43. The standard InChI is InChI=1S/C16H24ClNO2/c1-3-20-16-7-6-13(9-15(16)17)10-18-8-4-5-14(11-18)12-19-2/h6-7,9,14H,3-5,8,10-12H2,1-2H3/t14-/m1/s1. The topological polar surface area (TPSA) is 21.7 Å². The summed E-state index contributed by atoms with van der Waals surface area (Å²) >= 11 is 6.24. The maximum atomic E-state index is 6.24. The van der Waals surface area contributed by atoms with Crippen LogP contribution in [-0.2, 0) is 11.3 Å². The maximum Gasteiger partial charge on any atom is 0.137 e. The van der Waals surface area contributed by atoms with Crippen LogP contribution >= 0.6 is 11.6 Å². The molecule has 1 aromatic rings. The van der Waals surface area contributed by atoms with Gasteiger partial charge in [0.15, 0.2) is 0 Å². The minimum Gasteiger partial charge on any atom is -0.492 e. The monoisotopic (exact) mass is 297 g/mol. The number of benzene rings is 1.